The number of unbranched alkanes of at least 4 members (excludes halogenated alkanes) is 4. The summed E-state index contributed by atoms with van der Waals surface area (Å²) in [6, 6.07) is 0. The molecule has 0 aromatic carbocycles. The van der Waals surface area contributed by atoms with Crippen LogP contribution in [0.1, 0.15) is 77.6 Å². The molecule has 0 aliphatic heterocycles. The Bertz CT molecular complexity index is 138. The maximum atomic E-state index is 4.54. The minimum Gasteiger partial charge on any atom is -0.242 e. The van der Waals surface area contributed by atoms with Crippen molar-refractivity contribution in [3.8, 4) is 0 Å². The van der Waals surface area contributed by atoms with E-state index in [1.165, 1.54) is 70.6 Å². The maximum Gasteiger partial charge on any atom is 0.0133 e. The van der Waals surface area contributed by atoms with E-state index in [-0.39, 0.29) is 0 Å². The summed E-state index contributed by atoms with van der Waals surface area (Å²) in [5, 5.41) is 4.54. The van der Waals surface area contributed by atoms with Gasteiger partial charge in [-0.2, -0.15) is 0 Å². The molecule has 1 aliphatic rings. The lowest BCUT2D eigenvalue weighted by molar-refractivity contribution is 0.461. The van der Waals surface area contributed by atoms with Crippen LogP contribution in [0.4, 0.5) is 0 Å². The van der Waals surface area contributed by atoms with Crippen molar-refractivity contribution in [2.75, 3.05) is 13.1 Å². The second-order valence-electron chi connectivity index (χ2n) is 5.38. The first-order valence-electron chi connectivity index (χ1n) is 7.56. The molecule has 1 saturated carbocycles. The van der Waals surface area contributed by atoms with Gasteiger partial charge in [0.25, 0.3) is 0 Å². The molecular formula is C15H30N. The Hall–Kier alpha value is -0.0400. The molecule has 0 spiro atoms. The summed E-state index contributed by atoms with van der Waals surface area (Å²) in [6.07, 6.45) is 15.8. The summed E-state index contributed by atoms with van der Waals surface area (Å²) in [4.78, 5) is 0. The quantitative estimate of drug-likeness (QED) is 0.484. The molecule has 1 fully saturated rings. The van der Waals surface area contributed by atoms with Crippen molar-refractivity contribution in [1.29, 1.82) is 0 Å². The van der Waals surface area contributed by atoms with Crippen LogP contribution in [-0.2, 0) is 0 Å². The molecule has 0 amide bonds. The third-order valence-corrected chi connectivity index (χ3v) is 3.82. The van der Waals surface area contributed by atoms with E-state index in [1.54, 1.807) is 0 Å². The summed E-state index contributed by atoms with van der Waals surface area (Å²) in [6.45, 7) is 4.44. The first kappa shape index (κ1) is 14.0. The first-order chi connectivity index (χ1) is 7.93. The van der Waals surface area contributed by atoms with Crippen LogP contribution in [0.3, 0.4) is 0 Å². The fourth-order valence-corrected chi connectivity index (χ4v) is 2.69. The van der Waals surface area contributed by atoms with Crippen molar-refractivity contribution >= 4 is 0 Å². The van der Waals surface area contributed by atoms with Crippen LogP contribution in [0.5, 0.6) is 0 Å². The van der Waals surface area contributed by atoms with E-state index in [9.17, 15) is 0 Å². The number of hydrogen-bond acceptors (Lipinski definition) is 0. The van der Waals surface area contributed by atoms with Gasteiger partial charge in [0.1, 0.15) is 0 Å². The highest BCUT2D eigenvalue weighted by Gasteiger charge is 2.13. The normalized spacial score (nSPS) is 17.1. The van der Waals surface area contributed by atoms with Gasteiger partial charge in [0.05, 0.1) is 0 Å². The highest BCUT2D eigenvalue weighted by molar-refractivity contribution is 4.67. The molecule has 1 radical (unpaired) electrons. The average molecular weight is 224 g/mol. The van der Waals surface area contributed by atoms with Crippen molar-refractivity contribution in [3.05, 3.63) is 0 Å². The Kier molecular flexibility index (Phi) is 8.88. The topological polar surface area (TPSA) is 14.1 Å². The smallest absolute Gasteiger partial charge is 0.0133 e. The first-order valence-corrected chi connectivity index (χ1v) is 7.56. The fraction of sp³-hybridized carbons (Fsp3) is 1.00. The zero-order valence-electron chi connectivity index (χ0n) is 11.2. The summed E-state index contributed by atoms with van der Waals surface area (Å²) in [7, 11) is 0. The second-order valence-corrected chi connectivity index (χ2v) is 5.38. The SMILES string of the molecule is CCCC[N]CCCCCCC1CCCC1. The van der Waals surface area contributed by atoms with Gasteiger partial charge >= 0.3 is 0 Å². The molecular weight excluding hydrogens is 194 g/mol. The average Bonchev–Trinajstić information content (AvgIpc) is 2.80. The lowest BCUT2D eigenvalue weighted by Crippen LogP contribution is -2.08. The largest absolute Gasteiger partial charge is 0.242 e. The number of hydrogen-bond donors (Lipinski definition) is 0. The van der Waals surface area contributed by atoms with Crippen molar-refractivity contribution < 1.29 is 0 Å². The van der Waals surface area contributed by atoms with E-state index < -0.39 is 0 Å². The molecule has 0 heterocycles. The molecule has 1 aliphatic carbocycles. The minimum atomic E-state index is 1.09. The van der Waals surface area contributed by atoms with Crippen LogP contribution in [-0.4, -0.2) is 13.1 Å². The molecule has 0 saturated heterocycles. The molecule has 0 atom stereocenters. The zero-order valence-corrected chi connectivity index (χ0v) is 11.2. The summed E-state index contributed by atoms with van der Waals surface area (Å²) >= 11 is 0. The van der Waals surface area contributed by atoms with E-state index in [1.807, 2.05) is 0 Å². The zero-order chi connectivity index (χ0) is 11.5. The van der Waals surface area contributed by atoms with Gasteiger partial charge in [0, 0.05) is 13.1 Å². The van der Waals surface area contributed by atoms with Crippen molar-refractivity contribution in [3.63, 3.8) is 0 Å². The summed E-state index contributed by atoms with van der Waals surface area (Å²) < 4.78 is 0. The van der Waals surface area contributed by atoms with Gasteiger partial charge in [-0.15, -0.1) is 0 Å². The van der Waals surface area contributed by atoms with Crippen LogP contribution in [0.25, 0.3) is 0 Å². The fourth-order valence-electron chi connectivity index (χ4n) is 2.69. The van der Waals surface area contributed by atoms with Gasteiger partial charge in [-0.3, -0.25) is 0 Å². The lowest BCUT2D eigenvalue weighted by Gasteiger charge is -2.07. The van der Waals surface area contributed by atoms with Gasteiger partial charge < -0.3 is 0 Å². The predicted octanol–water partition coefficient (Wildman–Crippen LogP) is 4.53. The van der Waals surface area contributed by atoms with Crippen molar-refractivity contribution in [2.45, 2.75) is 77.6 Å². The van der Waals surface area contributed by atoms with Gasteiger partial charge in [0.15, 0.2) is 0 Å². The monoisotopic (exact) mass is 224 g/mol. The molecule has 1 rings (SSSR count). The molecule has 1 nitrogen and oxygen atoms in total. The standard InChI is InChI=1S/C15H30N/c1-2-3-13-16-14-9-5-4-6-10-15-11-7-8-12-15/h15H,2-14H2,1H3. The predicted molar refractivity (Wildman–Crippen MR) is 71.8 cm³/mol. The second kappa shape index (κ2) is 10.1. The van der Waals surface area contributed by atoms with Crippen molar-refractivity contribution in [1.82, 2.24) is 5.32 Å². The molecule has 0 aromatic heterocycles. The highest BCUT2D eigenvalue weighted by atomic mass is 14.8. The third kappa shape index (κ3) is 7.27. The Morgan fingerprint density at radius 2 is 1.56 bits per heavy atom. The summed E-state index contributed by atoms with van der Waals surface area (Å²) in [5.74, 6) is 1.09. The highest BCUT2D eigenvalue weighted by Crippen LogP contribution is 2.29. The van der Waals surface area contributed by atoms with Crippen LogP contribution < -0.4 is 5.32 Å². The lowest BCUT2D eigenvalue weighted by atomic mass is 9.99. The number of rotatable bonds is 10. The van der Waals surface area contributed by atoms with Gasteiger partial charge in [-0.25, -0.2) is 5.32 Å². The Morgan fingerprint density at radius 3 is 2.31 bits per heavy atom. The molecule has 95 valence electrons. The van der Waals surface area contributed by atoms with Crippen molar-refractivity contribution in [2.24, 2.45) is 5.92 Å². The van der Waals surface area contributed by atoms with E-state index >= 15 is 0 Å². The third-order valence-electron chi connectivity index (χ3n) is 3.82. The van der Waals surface area contributed by atoms with E-state index in [2.05, 4.69) is 12.2 Å². The molecule has 0 aromatic rings. The molecule has 1 heteroatoms. The number of nitrogens with zero attached hydrogens (tertiary/aromatic N) is 1. The van der Waals surface area contributed by atoms with Crippen LogP contribution in [0.15, 0.2) is 0 Å². The van der Waals surface area contributed by atoms with Crippen LogP contribution in [0.2, 0.25) is 0 Å². The summed E-state index contributed by atoms with van der Waals surface area (Å²) in [5.41, 5.74) is 0. The molecule has 0 N–H and O–H groups in total. The van der Waals surface area contributed by atoms with E-state index in [0.717, 1.165) is 19.0 Å². The molecule has 16 heavy (non-hydrogen) atoms. The van der Waals surface area contributed by atoms with Gasteiger partial charge in [0.2, 0.25) is 0 Å². The Labute approximate surface area is 102 Å². The molecule has 0 bridgehead atoms. The Balaban J connectivity index is 1.71. The van der Waals surface area contributed by atoms with Crippen LogP contribution in [0, 0.1) is 5.92 Å². The van der Waals surface area contributed by atoms with E-state index in [0.29, 0.717) is 0 Å². The van der Waals surface area contributed by atoms with Crippen LogP contribution >= 0.6 is 0 Å². The van der Waals surface area contributed by atoms with Gasteiger partial charge in [-0.1, -0.05) is 64.7 Å². The van der Waals surface area contributed by atoms with Gasteiger partial charge in [-0.05, 0) is 18.8 Å². The van der Waals surface area contributed by atoms with E-state index in [4.69, 9.17) is 0 Å². The minimum absolute atomic E-state index is 1.09. The molecule has 0 unspecified atom stereocenters. The Morgan fingerprint density at radius 1 is 0.875 bits per heavy atom. The maximum absolute atomic E-state index is 4.54.